The Labute approximate surface area is 225 Å². The van der Waals surface area contributed by atoms with Crippen molar-refractivity contribution < 1.29 is 36.1 Å². The van der Waals surface area contributed by atoms with Crippen LogP contribution in [0.4, 0.5) is 0 Å². The van der Waals surface area contributed by atoms with Gasteiger partial charge in [-0.25, -0.2) is 4.79 Å². The highest BCUT2D eigenvalue weighted by Crippen LogP contribution is 2.20. The molecule has 0 N–H and O–H groups in total. The molecule has 0 aliphatic rings. The number of carbonyl (C=O) groups is 1. The third-order valence-corrected chi connectivity index (χ3v) is 11.5. The van der Waals surface area contributed by atoms with Crippen molar-refractivity contribution in [3.05, 3.63) is 47.7 Å². The molecule has 0 aliphatic carbocycles. The summed E-state index contributed by atoms with van der Waals surface area (Å²) in [6.07, 6.45) is 6.54. The first-order valence-electron chi connectivity index (χ1n) is 13.3. The molecule has 0 aliphatic heterocycles. The van der Waals surface area contributed by atoms with E-state index in [2.05, 4.69) is 0 Å². The monoisotopic (exact) mass is 554 g/mol. The molecule has 0 amide bonds. The van der Waals surface area contributed by atoms with E-state index >= 15 is 0 Å². The van der Waals surface area contributed by atoms with Crippen LogP contribution in [0.2, 0.25) is 6.04 Å². The van der Waals surface area contributed by atoms with Crippen molar-refractivity contribution in [3.8, 4) is 0 Å². The van der Waals surface area contributed by atoms with E-state index in [1.54, 1.807) is 13.0 Å². The summed E-state index contributed by atoms with van der Waals surface area (Å²) in [7, 11) is -5.60. The molecule has 210 valence electrons. The Morgan fingerprint density at radius 2 is 1.24 bits per heavy atom. The van der Waals surface area contributed by atoms with Crippen LogP contribution >= 0.6 is 0 Å². The van der Waals surface area contributed by atoms with Gasteiger partial charge in [0.05, 0.1) is 6.26 Å². The lowest BCUT2D eigenvalue weighted by molar-refractivity contribution is -0.133. The molecule has 0 aromatic heterocycles. The fourth-order valence-corrected chi connectivity index (χ4v) is 8.84. The van der Waals surface area contributed by atoms with Crippen LogP contribution in [0.25, 0.3) is 6.08 Å². The number of hydrogen-bond acceptors (Lipinski definition) is 8. The summed E-state index contributed by atoms with van der Waals surface area (Å²) in [4.78, 5) is 12.4. The van der Waals surface area contributed by atoms with Gasteiger partial charge in [-0.3, -0.25) is 0 Å². The van der Waals surface area contributed by atoms with E-state index in [-0.39, 0.29) is 5.97 Å². The second kappa shape index (κ2) is 18.6. The second-order valence-electron chi connectivity index (χ2n) is 7.95. The lowest BCUT2D eigenvalue weighted by Crippen LogP contribution is -2.56. The Morgan fingerprint density at radius 1 is 0.757 bits per heavy atom. The molecule has 0 spiro atoms. The van der Waals surface area contributed by atoms with E-state index in [1.807, 2.05) is 71.9 Å². The van der Waals surface area contributed by atoms with E-state index in [1.165, 1.54) is 6.26 Å². The SMILES string of the molecule is CCO[Si](CCCC=C(C)C(=O)OC=Cc1ccc([Si](OCC)(OCC)OCC)cc1)(OCC)OCC. The Hall–Kier alpha value is -1.64. The molecule has 8 nitrogen and oxygen atoms in total. The highest BCUT2D eigenvalue weighted by Gasteiger charge is 2.43. The van der Waals surface area contributed by atoms with Crippen LogP contribution in [0.1, 0.15) is 66.9 Å². The molecule has 0 unspecified atom stereocenters. The summed E-state index contributed by atoms with van der Waals surface area (Å²) >= 11 is 0. The van der Waals surface area contributed by atoms with Crippen LogP contribution < -0.4 is 5.19 Å². The largest absolute Gasteiger partial charge is 0.537 e. The maximum absolute atomic E-state index is 12.4. The molecule has 1 aromatic carbocycles. The lowest BCUT2D eigenvalue weighted by atomic mass is 10.2. The summed E-state index contributed by atoms with van der Waals surface area (Å²) in [6, 6.07) is 8.43. The number of carbonyl (C=O) groups excluding carboxylic acids is 1. The third kappa shape index (κ3) is 11.3. The van der Waals surface area contributed by atoms with Gasteiger partial charge in [-0.05, 0) is 72.9 Å². The maximum atomic E-state index is 12.4. The number of hydrogen-bond donors (Lipinski definition) is 0. The van der Waals surface area contributed by atoms with Gasteiger partial charge in [0.2, 0.25) is 0 Å². The predicted molar refractivity (Wildman–Crippen MR) is 150 cm³/mol. The zero-order chi connectivity index (χ0) is 27.6. The Bertz CT molecular complexity index is 792. The van der Waals surface area contributed by atoms with Gasteiger partial charge >= 0.3 is 23.6 Å². The first-order valence-corrected chi connectivity index (χ1v) is 17.0. The third-order valence-electron chi connectivity index (χ3n) is 5.26. The van der Waals surface area contributed by atoms with Crippen molar-refractivity contribution in [3.63, 3.8) is 0 Å². The van der Waals surface area contributed by atoms with Crippen molar-refractivity contribution >= 4 is 34.8 Å². The van der Waals surface area contributed by atoms with Crippen LogP contribution in [0, 0.1) is 0 Å². The quantitative estimate of drug-likeness (QED) is 0.0713. The van der Waals surface area contributed by atoms with Gasteiger partial charge in [-0.1, -0.05) is 30.3 Å². The smallest absolute Gasteiger partial charge is 0.431 e. The minimum absolute atomic E-state index is 0.383. The normalized spacial score (nSPS) is 12.9. The second-order valence-corrected chi connectivity index (χ2v) is 13.2. The number of rotatable bonds is 20. The Morgan fingerprint density at radius 3 is 1.70 bits per heavy atom. The molecule has 0 bridgehead atoms. The molecule has 0 saturated heterocycles. The lowest BCUT2D eigenvalue weighted by Gasteiger charge is -2.28. The van der Waals surface area contributed by atoms with Gasteiger partial charge in [-0.2, -0.15) is 0 Å². The zero-order valence-electron chi connectivity index (χ0n) is 23.7. The zero-order valence-corrected chi connectivity index (χ0v) is 25.7. The van der Waals surface area contributed by atoms with Gasteiger partial charge in [-0.15, -0.1) is 0 Å². The van der Waals surface area contributed by atoms with E-state index < -0.39 is 17.6 Å². The minimum atomic E-state index is -2.94. The molecule has 0 atom stereocenters. The summed E-state index contributed by atoms with van der Waals surface area (Å²) in [5.41, 5.74) is 1.44. The topological polar surface area (TPSA) is 81.7 Å². The fourth-order valence-electron chi connectivity index (χ4n) is 3.73. The van der Waals surface area contributed by atoms with Crippen molar-refractivity contribution in [2.24, 2.45) is 0 Å². The molecule has 1 rings (SSSR count). The predicted octanol–water partition coefficient (Wildman–Crippen LogP) is 5.23. The van der Waals surface area contributed by atoms with Crippen LogP contribution in [0.15, 0.2) is 42.2 Å². The van der Waals surface area contributed by atoms with Crippen LogP contribution in [-0.4, -0.2) is 63.2 Å². The Balaban J connectivity index is 2.69. The van der Waals surface area contributed by atoms with Gasteiger partial charge < -0.3 is 31.3 Å². The molecule has 37 heavy (non-hydrogen) atoms. The van der Waals surface area contributed by atoms with E-state index in [9.17, 15) is 4.79 Å². The van der Waals surface area contributed by atoms with Gasteiger partial charge in [0.15, 0.2) is 0 Å². The van der Waals surface area contributed by atoms with Gasteiger partial charge in [0.1, 0.15) is 0 Å². The summed E-state index contributed by atoms with van der Waals surface area (Å²) in [5.74, 6) is -0.383. The van der Waals surface area contributed by atoms with Crippen LogP contribution in [0.3, 0.4) is 0 Å². The summed E-state index contributed by atoms with van der Waals surface area (Å²) < 4.78 is 40.8. The van der Waals surface area contributed by atoms with E-state index in [0.717, 1.165) is 17.2 Å². The number of ether oxygens (including phenoxy) is 1. The van der Waals surface area contributed by atoms with Crippen molar-refractivity contribution in [2.75, 3.05) is 39.6 Å². The van der Waals surface area contributed by atoms with Crippen molar-refractivity contribution in [1.29, 1.82) is 0 Å². The average Bonchev–Trinajstić information content (AvgIpc) is 2.87. The molecule has 0 heterocycles. The summed E-state index contributed by atoms with van der Waals surface area (Å²) in [5, 5.41) is 0.899. The minimum Gasteiger partial charge on any atom is -0.431 e. The highest BCUT2D eigenvalue weighted by molar-refractivity contribution is 6.75. The number of esters is 1. The standard InChI is InChI=1S/C27H46O8Si2/c1-8-30-36(31-9-2,32-10-3)23-15-14-16-24(7)27(28)29-22-21-25-17-19-26(20-18-25)37(33-11-4,34-12-5)35-13-6/h16-22H,8-15,23H2,1-7H3. The molecular weight excluding hydrogens is 508 g/mol. The summed E-state index contributed by atoms with van der Waals surface area (Å²) in [6.45, 7) is 16.5. The number of allylic oxidation sites excluding steroid dienone is 1. The molecular formula is C27H46O8Si2. The van der Waals surface area contributed by atoms with Crippen molar-refractivity contribution in [2.45, 2.75) is 67.4 Å². The highest BCUT2D eigenvalue weighted by atomic mass is 28.4. The van der Waals surface area contributed by atoms with Crippen LogP contribution in [-0.2, 0) is 36.1 Å². The first kappa shape index (κ1) is 33.4. The molecule has 10 heteroatoms. The molecule has 0 radical (unpaired) electrons. The fraction of sp³-hybridized carbons (Fsp3) is 0.593. The van der Waals surface area contributed by atoms with E-state index in [0.29, 0.717) is 57.7 Å². The van der Waals surface area contributed by atoms with Gasteiger partial charge in [0.25, 0.3) is 0 Å². The molecule has 0 saturated carbocycles. The molecule has 1 aromatic rings. The van der Waals surface area contributed by atoms with Gasteiger partial charge in [0, 0.05) is 56.4 Å². The number of unbranched alkanes of at least 4 members (excludes halogenated alkanes) is 1. The number of benzene rings is 1. The Kier molecular flexibility index (Phi) is 16.8. The van der Waals surface area contributed by atoms with E-state index in [4.69, 9.17) is 31.3 Å². The van der Waals surface area contributed by atoms with Crippen molar-refractivity contribution in [1.82, 2.24) is 0 Å². The average molecular weight is 555 g/mol. The first-order chi connectivity index (χ1) is 17.9. The van der Waals surface area contributed by atoms with Crippen LogP contribution in [0.5, 0.6) is 0 Å². The molecule has 0 fully saturated rings. The maximum Gasteiger partial charge on any atom is 0.537 e.